The van der Waals surface area contributed by atoms with Crippen LogP contribution in [-0.2, 0) is 0 Å². The first-order chi connectivity index (χ1) is 11.0. The Morgan fingerprint density at radius 2 is 2.00 bits per heavy atom. The SMILES string of the molecule is Cc1ccc(NC(=O)c2ccc3c(c2)nnn3C(C)C)cc1Cl. The van der Waals surface area contributed by atoms with Gasteiger partial charge in [-0.05, 0) is 56.7 Å². The molecule has 1 heterocycles. The van der Waals surface area contributed by atoms with Crippen LogP contribution in [0.1, 0.15) is 35.8 Å². The van der Waals surface area contributed by atoms with Crippen LogP contribution in [-0.4, -0.2) is 20.9 Å². The molecule has 0 saturated heterocycles. The molecule has 2 aromatic carbocycles. The topological polar surface area (TPSA) is 59.8 Å². The van der Waals surface area contributed by atoms with E-state index >= 15 is 0 Å². The van der Waals surface area contributed by atoms with E-state index in [1.54, 1.807) is 18.2 Å². The van der Waals surface area contributed by atoms with E-state index in [4.69, 9.17) is 11.6 Å². The Morgan fingerprint density at radius 1 is 1.22 bits per heavy atom. The second-order valence-corrected chi connectivity index (χ2v) is 6.16. The van der Waals surface area contributed by atoms with Crippen molar-refractivity contribution in [3.05, 3.63) is 52.5 Å². The number of fused-ring (bicyclic) bond motifs is 1. The summed E-state index contributed by atoms with van der Waals surface area (Å²) >= 11 is 6.08. The van der Waals surface area contributed by atoms with E-state index in [2.05, 4.69) is 15.6 Å². The fraction of sp³-hybridized carbons (Fsp3) is 0.235. The number of nitrogens with one attached hydrogen (secondary N) is 1. The molecule has 0 atom stereocenters. The van der Waals surface area contributed by atoms with Gasteiger partial charge >= 0.3 is 0 Å². The molecule has 3 rings (SSSR count). The number of halogens is 1. The summed E-state index contributed by atoms with van der Waals surface area (Å²) < 4.78 is 1.83. The summed E-state index contributed by atoms with van der Waals surface area (Å²) in [6.45, 7) is 5.99. The second-order valence-electron chi connectivity index (χ2n) is 5.75. The summed E-state index contributed by atoms with van der Waals surface area (Å²) in [6, 6.07) is 11.0. The zero-order chi connectivity index (χ0) is 16.6. The quantitative estimate of drug-likeness (QED) is 0.782. The van der Waals surface area contributed by atoms with Crippen LogP contribution >= 0.6 is 11.6 Å². The van der Waals surface area contributed by atoms with Gasteiger partial charge in [0.05, 0.1) is 5.52 Å². The first-order valence-electron chi connectivity index (χ1n) is 7.38. The average Bonchev–Trinajstić information content (AvgIpc) is 2.94. The molecule has 118 valence electrons. The number of carbonyl (C=O) groups is 1. The number of hydrogen-bond donors (Lipinski definition) is 1. The Balaban J connectivity index is 1.87. The maximum absolute atomic E-state index is 12.4. The number of rotatable bonds is 3. The molecule has 5 nitrogen and oxygen atoms in total. The molecular weight excluding hydrogens is 312 g/mol. The summed E-state index contributed by atoms with van der Waals surface area (Å²) in [7, 11) is 0. The lowest BCUT2D eigenvalue weighted by molar-refractivity contribution is 0.102. The number of anilines is 1. The lowest BCUT2D eigenvalue weighted by Gasteiger charge is -2.08. The molecule has 0 spiro atoms. The molecule has 1 aromatic heterocycles. The van der Waals surface area contributed by atoms with E-state index in [-0.39, 0.29) is 11.9 Å². The predicted molar refractivity (Wildman–Crippen MR) is 92.1 cm³/mol. The van der Waals surface area contributed by atoms with Crippen LogP contribution in [0.2, 0.25) is 5.02 Å². The zero-order valence-corrected chi connectivity index (χ0v) is 13.9. The Kier molecular flexibility index (Phi) is 4.05. The number of aryl methyl sites for hydroxylation is 1. The van der Waals surface area contributed by atoms with Gasteiger partial charge in [0, 0.05) is 22.3 Å². The Hall–Kier alpha value is -2.40. The van der Waals surface area contributed by atoms with Gasteiger partial charge in [0.15, 0.2) is 0 Å². The highest BCUT2D eigenvalue weighted by Gasteiger charge is 2.12. The van der Waals surface area contributed by atoms with Crippen LogP contribution in [0.3, 0.4) is 0 Å². The van der Waals surface area contributed by atoms with E-state index in [1.165, 1.54) is 0 Å². The third kappa shape index (κ3) is 3.05. The van der Waals surface area contributed by atoms with Gasteiger partial charge < -0.3 is 5.32 Å². The number of benzene rings is 2. The predicted octanol–water partition coefficient (Wildman–Crippen LogP) is 4.23. The van der Waals surface area contributed by atoms with Gasteiger partial charge in [-0.1, -0.05) is 22.9 Å². The highest BCUT2D eigenvalue weighted by molar-refractivity contribution is 6.31. The third-order valence-corrected chi connectivity index (χ3v) is 4.06. The van der Waals surface area contributed by atoms with Crippen LogP contribution in [0.4, 0.5) is 5.69 Å². The molecule has 0 aliphatic carbocycles. The van der Waals surface area contributed by atoms with Crippen LogP contribution in [0.15, 0.2) is 36.4 Å². The van der Waals surface area contributed by atoms with Crippen molar-refractivity contribution in [2.24, 2.45) is 0 Å². The molecule has 0 aliphatic heterocycles. The average molecular weight is 329 g/mol. The van der Waals surface area contributed by atoms with Crippen molar-refractivity contribution in [1.29, 1.82) is 0 Å². The van der Waals surface area contributed by atoms with Crippen LogP contribution < -0.4 is 5.32 Å². The van der Waals surface area contributed by atoms with E-state index in [0.29, 0.717) is 21.8 Å². The van der Waals surface area contributed by atoms with Crippen molar-refractivity contribution in [3.8, 4) is 0 Å². The molecule has 0 bridgehead atoms. The van der Waals surface area contributed by atoms with Crippen molar-refractivity contribution in [2.75, 3.05) is 5.32 Å². The second kappa shape index (κ2) is 6.01. The normalized spacial score (nSPS) is 11.2. The van der Waals surface area contributed by atoms with Gasteiger partial charge in [0.25, 0.3) is 5.91 Å². The molecule has 0 saturated carbocycles. The first-order valence-corrected chi connectivity index (χ1v) is 7.76. The molecule has 6 heteroatoms. The third-order valence-electron chi connectivity index (χ3n) is 3.65. The lowest BCUT2D eigenvalue weighted by atomic mass is 10.1. The summed E-state index contributed by atoms with van der Waals surface area (Å²) in [6.07, 6.45) is 0. The first kappa shape index (κ1) is 15.5. The summed E-state index contributed by atoms with van der Waals surface area (Å²) in [4.78, 5) is 12.4. The van der Waals surface area contributed by atoms with Crippen molar-refractivity contribution < 1.29 is 4.79 Å². The number of carbonyl (C=O) groups excluding carboxylic acids is 1. The van der Waals surface area contributed by atoms with Crippen LogP contribution in [0.5, 0.6) is 0 Å². The monoisotopic (exact) mass is 328 g/mol. The summed E-state index contributed by atoms with van der Waals surface area (Å²) in [5.41, 5.74) is 3.78. The van der Waals surface area contributed by atoms with E-state index < -0.39 is 0 Å². The maximum atomic E-state index is 12.4. The molecule has 3 aromatic rings. The fourth-order valence-corrected chi connectivity index (χ4v) is 2.52. The number of hydrogen-bond acceptors (Lipinski definition) is 3. The molecule has 0 fully saturated rings. The van der Waals surface area contributed by atoms with E-state index in [1.807, 2.05) is 43.7 Å². The van der Waals surface area contributed by atoms with Gasteiger partial charge in [0.1, 0.15) is 5.52 Å². The smallest absolute Gasteiger partial charge is 0.255 e. The maximum Gasteiger partial charge on any atom is 0.255 e. The Morgan fingerprint density at radius 3 is 2.70 bits per heavy atom. The van der Waals surface area contributed by atoms with Gasteiger partial charge in [0.2, 0.25) is 0 Å². The van der Waals surface area contributed by atoms with Crippen LogP contribution in [0, 0.1) is 6.92 Å². The number of nitrogens with zero attached hydrogens (tertiary/aromatic N) is 3. The van der Waals surface area contributed by atoms with Crippen molar-refractivity contribution in [1.82, 2.24) is 15.0 Å². The lowest BCUT2D eigenvalue weighted by Crippen LogP contribution is -2.12. The highest BCUT2D eigenvalue weighted by Crippen LogP contribution is 2.21. The molecule has 1 amide bonds. The molecule has 0 aliphatic rings. The van der Waals surface area contributed by atoms with Gasteiger partial charge in [-0.25, -0.2) is 4.68 Å². The number of amides is 1. The molecular formula is C17H17ClN4O. The van der Waals surface area contributed by atoms with Gasteiger partial charge in [-0.2, -0.15) is 0 Å². The minimum atomic E-state index is -0.203. The standard InChI is InChI=1S/C17H17ClN4O/c1-10(2)22-16-7-5-12(8-15(16)20-21-22)17(23)19-13-6-4-11(3)14(18)9-13/h4-10H,1-3H3,(H,19,23). The highest BCUT2D eigenvalue weighted by atomic mass is 35.5. The summed E-state index contributed by atoms with van der Waals surface area (Å²) in [5.74, 6) is -0.203. The molecule has 0 unspecified atom stereocenters. The minimum absolute atomic E-state index is 0.203. The van der Waals surface area contributed by atoms with Gasteiger partial charge in [-0.3, -0.25) is 4.79 Å². The summed E-state index contributed by atoms with van der Waals surface area (Å²) in [5, 5.41) is 11.7. The van der Waals surface area contributed by atoms with Crippen molar-refractivity contribution in [3.63, 3.8) is 0 Å². The van der Waals surface area contributed by atoms with Crippen LogP contribution in [0.25, 0.3) is 11.0 Å². The molecule has 1 N–H and O–H groups in total. The van der Waals surface area contributed by atoms with E-state index in [9.17, 15) is 4.79 Å². The fourth-order valence-electron chi connectivity index (χ4n) is 2.34. The van der Waals surface area contributed by atoms with Crippen molar-refractivity contribution in [2.45, 2.75) is 26.8 Å². The Labute approximate surface area is 139 Å². The molecule has 23 heavy (non-hydrogen) atoms. The minimum Gasteiger partial charge on any atom is -0.322 e. The largest absolute Gasteiger partial charge is 0.322 e. The Bertz CT molecular complexity index is 885. The molecule has 0 radical (unpaired) electrons. The zero-order valence-electron chi connectivity index (χ0n) is 13.2. The van der Waals surface area contributed by atoms with E-state index in [0.717, 1.165) is 11.1 Å². The number of aromatic nitrogens is 3. The van der Waals surface area contributed by atoms with Crippen molar-refractivity contribution >= 4 is 34.2 Å². The van der Waals surface area contributed by atoms with Gasteiger partial charge in [-0.15, -0.1) is 5.10 Å².